The molecule has 0 saturated carbocycles. The molecule has 1 aromatic rings. The van der Waals surface area contributed by atoms with E-state index in [1.807, 2.05) is 12.1 Å². The molecule has 1 aromatic carbocycles. The molecule has 2 N–H and O–H groups in total. The Kier molecular flexibility index (Phi) is 4.49. The quantitative estimate of drug-likeness (QED) is 0.885. The average Bonchev–Trinajstić information content (AvgIpc) is 2.35. The van der Waals surface area contributed by atoms with Crippen molar-refractivity contribution in [2.24, 2.45) is 0 Å². The summed E-state index contributed by atoms with van der Waals surface area (Å²) in [4.78, 5) is 2.38. The molecule has 1 aliphatic rings. The molecule has 3 nitrogen and oxygen atoms in total. The number of phenols is 1. The molecule has 2 rings (SSSR count). The van der Waals surface area contributed by atoms with Crippen LogP contribution in [0.15, 0.2) is 18.2 Å². The first-order valence-electron chi connectivity index (χ1n) is 6.48. The van der Waals surface area contributed by atoms with Crippen molar-refractivity contribution in [1.82, 2.24) is 10.2 Å². The summed E-state index contributed by atoms with van der Waals surface area (Å²) in [5.74, 6) is 0.202. The molecule has 1 saturated heterocycles. The van der Waals surface area contributed by atoms with Crippen molar-refractivity contribution < 1.29 is 5.11 Å². The van der Waals surface area contributed by atoms with Gasteiger partial charge < -0.3 is 15.3 Å². The number of nitrogens with zero attached hydrogens (tertiary/aromatic N) is 1. The van der Waals surface area contributed by atoms with Crippen LogP contribution in [0.3, 0.4) is 0 Å². The molecule has 0 spiro atoms. The van der Waals surface area contributed by atoms with E-state index in [1.165, 1.54) is 0 Å². The lowest BCUT2D eigenvalue weighted by molar-refractivity contribution is 0.168. The molecule has 1 aliphatic heterocycles. The van der Waals surface area contributed by atoms with Crippen LogP contribution in [0, 0.1) is 0 Å². The maximum absolute atomic E-state index is 9.84. The Morgan fingerprint density at radius 2 is 2.28 bits per heavy atom. The Balaban J connectivity index is 1.90. The third-order valence-electron chi connectivity index (χ3n) is 3.86. The maximum Gasteiger partial charge on any atom is 0.138 e. The van der Waals surface area contributed by atoms with Gasteiger partial charge in [0, 0.05) is 24.2 Å². The van der Waals surface area contributed by atoms with Crippen LogP contribution in [0.4, 0.5) is 0 Å². The Labute approximate surface area is 114 Å². The molecule has 2 unspecified atom stereocenters. The number of phenolic OH excluding ortho intramolecular Hbond substituents is 1. The smallest absolute Gasteiger partial charge is 0.138 e. The summed E-state index contributed by atoms with van der Waals surface area (Å²) in [7, 11) is 2.17. The van der Waals surface area contributed by atoms with Crippen molar-refractivity contribution in [3.05, 3.63) is 28.8 Å². The fourth-order valence-corrected chi connectivity index (χ4v) is 2.63. The van der Waals surface area contributed by atoms with Crippen LogP contribution in [-0.4, -0.2) is 35.7 Å². The number of aromatic hydroxyl groups is 1. The van der Waals surface area contributed by atoms with Gasteiger partial charge in [-0.2, -0.15) is 0 Å². The number of halogens is 1. The van der Waals surface area contributed by atoms with E-state index >= 15 is 0 Å². The van der Waals surface area contributed by atoms with E-state index in [1.54, 1.807) is 6.07 Å². The van der Waals surface area contributed by atoms with Crippen LogP contribution in [0.2, 0.25) is 5.02 Å². The number of hydrogen-bond donors (Lipinski definition) is 2. The molecular formula is C14H21ClN2O. The second kappa shape index (κ2) is 5.91. The third-order valence-corrected chi connectivity index (χ3v) is 4.16. The summed E-state index contributed by atoms with van der Waals surface area (Å²) < 4.78 is 0. The number of nitrogens with one attached hydrogen (secondary N) is 1. The van der Waals surface area contributed by atoms with Crippen LogP contribution in [0.1, 0.15) is 25.3 Å². The van der Waals surface area contributed by atoms with Gasteiger partial charge in [0.05, 0.1) is 5.02 Å². The van der Waals surface area contributed by atoms with Gasteiger partial charge in [-0.05, 0) is 39.4 Å². The van der Waals surface area contributed by atoms with E-state index in [0.29, 0.717) is 23.7 Å². The van der Waals surface area contributed by atoms with E-state index in [4.69, 9.17) is 11.6 Å². The number of para-hydroxylation sites is 1. The first kappa shape index (κ1) is 13.7. The molecule has 4 heteroatoms. The van der Waals surface area contributed by atoms with Gasteiger partial charge in [0.25, 0.3) is 0 Å². The highest BCUT2D eigenvalue weighted by atomic mass is 35.5. The van der Waals surface area contributed by atoms with Crippen molar-refractivity contribution in [2.75, 3.05) is 13.6 Å². The molecule has 18 heavy (non-hydrogen) atoms. The fraction of sp³-hybridized carbons (Fsp3) is 0.571. The predicted molar refractivity (Wildman–Crippen MR) is 75.1 cm³/mol. The Morgan fingerprint density at radius 3 is 3.00 bits per heavy atom. The zero-order valence-corrected chi connectivity index (χ0v) is 11.7. The van der Waals surface area contributed by atoms with Gasteiger partial charge in [0.2, 0.25) is 0 Å². The highest BCUT2D eigenvalue weighted by Crippen LogP contribution is 2.27. The number of likely N-dealkylation sites (tertiary alicyclic amines) is 1. The zero-order valence-electron chi connectivity index (χ0n) is 11.0. The molecule has 0 bridgehead atoms. The van der Waals surface area contributed by atoms with Crippen molar-refractivity contribution in [3.63, 3.8) is 0 Å². The van der Waals surface area contributed by atoms with E-state index in [0.717, 1.165) is 24.9 Å². The van der Waals surface area contributed by atoms with E-state index < -0.39 is 0 Å². The SMILES string of the molecule is CC1CC(NCc2cccc(Cl)c2O)CCN1C. The van der Waals surface area contributed by atoms with Crippen molar-refractivity contribution in [2.45, 2.75) is 38.4 Å². The summed E-state index contributed by atoms with van der Waals surface area (Å²) >= 11 is 5.89. The largest absolute Gasteiger partial charge is 0.506 e. The van der Waals surface area contributed by atoms with Gasteiger partial charge in [0.15, 0.2) is 0 Å². The lowest BCUT2D eigenvalue weighted by Crippen LogP contribution is -2.45. The summed E-state index contributed by atoms with van der Waals surface area (Å²) in [6.45, 7) is 4.05. The fourth-order valence-electron chi connectivity index (χ4n) is 2.43. The first-order valence-corrected chi connectivity index (χ1v) is 6.85. The molecule has 0 amide bonds. The van der Waals surface area contributed by atoms with E-state index in [2.05, 4.69) is 24.2 Å². The first-order chi connectivity index (χ1) is 8.58. The summed E-state index contributed by atoms with van der Waals surface area (Å²) in [6.07, 6.45) is 2.31. The average molecular weight is 269 g/mol. The monoisotopic (exact) mass is 268 g/mol. The Morgan fingerprint density at radius 1 is 1.50 bits per heavy atom. The molecule has 100 valence electrons. The lowest BCUT2D eigenvalue weighted by atomic mass is 9.98. The highest BCUT2D eigenvalue weighted by Gasteiger charge is 2.22. The van der Waals surface area contributed by atoms with Gasteiger partial charge in [-0.15, -0.1) is 0 Å². The lowest BCUT2D eigenvalue weighted by Gasteiger charge is -2.35. The number of piperidine rings is 1. The molecule has 0 aliphatic carbocycles. The van der Waals surface area contributed by atoms with Crippen molar-refractivity contribution in [3.8, 4) is 5.75 Å². The normalized spacial score (nSPS) is 25.3. The minimum absolute atomic E-state index is 0.202. The topological polar surface area (TPSA) is 35.5 Å². The van der Waals surface area contributed by atoms with Crippen LogP contribution in [0.5, 0.6) is 5.75 Å². The van der Waals surface area contributed by atoms with E-state index in [-0.39, 0.29) is 5.75 Å². The van der Waals surface area contributed by atoms with E-state index in [9.17, 15) is 5.11 Å². The van der Waals surface area contributed by atoms with Gasteiger partial charge >= 0.3 is 0 Å². The van der Waals surface area contributed by atoms with Gasteiger partial charge in [-0.25, -0.2) is 0 Å². The number of rotatable bonds is 3. The molecule has 0 aromatic heterocycles. The van der Waals surface area contributed by atoms with Gasteiger partial charge in [-0.1, -0.05) is 23.7 Å². The van der Waals surface area contributed by atoms with Gasteiger partial charge in [-0.3, -0.25) is 0 Å². The van der Waals surface area contributed by atoms with Crippen LogP contribution >= 0.6 is 11.6 Å². The number of hydrogen-bond acceptors (Lipinski definition) is 3. The highest BCUT2D eigenvalue weighted by molar-refractivity contribution is 6.32. The minimum Gasteiger partial charge on any atom is -0.506 e. The van der Waals surface area contributed by atoms with Crippen molar-refractivity contribution >= 4 is 11.6 Å². The molecular weight excluding hydrogens is 248 g/mol. The maximum atomic E-state index is 9.84. The number of benzene rings is 1. The summed E-state index contributed by atoms with van der Waals surface area (Å²) in [5.41, 5.74) is 0.870. The third kappa shape index (κ3) is 3.16. The molecule has 2 atom stereocenters. The minimum atomic E-state index is 0.202. The Hall–Kier alpha value is -0.770. The molecule has 1 fully saturated rings. The van der Waals surface area contributed by atoms with Crippen LogP contribution in [0.25, 0.3) is 0 Å². The summed E-state index contributed by atoms with van der Waals surface area (Å²) in [6, 6.07) is 6.62. The van der Waals surface area contributed by atoms with Crippen LogP contribution < -0.4 is 5.32 Å². The summed E-state index contributed by atoms with van der Waals surface area (Å²) in [5, 5.41) is 13.8. The molecule has 1 heterocycles. The van der Waals surface area contributed by atoms with Gasteiger partial charge in [0.1, 0.15) is 5.75 Å². The van der Waals surface area contributed by atoms with Crippen LogP contribution in [-0.2, 0) is 6.54 Å². The van der Waals surface area contributed by atoms with Crippen molar-refractivity contribution in [1.29, 1.82) is 0 Å². The Bertz CT molecular complexity index is 411. The standard InChI is InChI=1S/C14H21ClN2O/c1-10-8-12(6-7-17(10)2)16-9-11-4-3-5-13(15)14(11)18/h3-5,10,12,16,18H,6-9H2,1-2H3. The predicted octanol–water partition coefficient (Wildman–Crippen LogP) is 2.62. The second-order valence-corrected chi connectivity index (χ2v) is 5.59. The zero-order chi connectivity index (χ0) is 13.1. The molecule has 0 radical (unpaired) electrons. The second-order valence-electron chi connectivity index (χ2n) is 5.18.